The normalized spacial score (nSPS) is 12.6. The van der Waals surface area contributed by atoms with Crippen LogP contribution in [0, 0.1) is 0 Å². The highest BCUT2D eigenvalue weighted by molar-refractivity contribution is 7.98. The number of hydrogen-bond donors (Lipinski definition) is 1. The van der Waals surface area contributed by atoms with Gasteiger partial charge in [-0.05, 0) is 36.9 Å². The minimum absolute atomic E-state index is 0.165. The summed E-state index contributed by atoms with van der Waals surface area (Å²) in [6.07, 6.45) is 3.90. The fourth-order valence-corrected chi connectivity index (χ4v) is 2.09. The summed E-state index contributed by atoms with van der Waals surface area (Å²) < 4.78 is 5.20. The Labute approximate surface area is 111 Å². The molecule has 0 saturated carbocycles. The lowest BCUT2D eigenvalue weighted by Crippen LogP contribution is -2.09. The van der Waals surface area contributed by atoms with Gasteiger partial charge in [0.2, 0.25) is 11.7 Å². The highest BCUT2D eigenvalue weighted by atomic mass is 32.2. The predicted octanol–water partition coefficient (Wildman–Crippen LogP) is 3.26. The lowest BCUT2D eigenvalue weighted by molar-refractivity contribution is 0.348. The van der Waals surface area contributed by atoms with Gasteiger partial charge in [-0.3, -0.25) is 0 Å². The van der Waals surface area contributed by atoms with Crippen molar-refractivity contribution in [3.63, 3.8) is 0 Å². The molecular formula is C13H17N3OS. The van der Waals surface area contributed by atoms with Gasteiger partial charge < -0.3 is 10.3 Å². The molecule has 1 atom stereocenters. The second-order valence-corrected chi connectivity index (χ2v) is 4.96. The highest BCUT2D eigenvalue weighted by Gasteiger charge is 2.14. The zero-order chi connectivity index (χ0) is 13.0. The molecule has 4 nitrogen and oxygen atoms in total. The van der Waals surface area contributed by atoms with Crippen LogP contribution in [0.4, 0.5) is 0 Å². The lowest BCUT2D eigenvalue weighted by atomic mass is 10.2. The first-order valence-electron chi connectivity index (χ1n) is 5.98. The van der Waals surface area contributed by atoms with E-state index in [0.717, 1.165) is 18.4 Å². The average Bonchev–Trinajstić information content (AvgIpc) is 2.89. The number of thioether (sulfide) groups is 1. The van der Waals surface area contributed by atoms with Crippen LogP contribution in [0.25, 0.3) is 11.4 Å². The summed E-state index contributed by atoms with van der Waals surface area (Å²) in [5, 5.41) is 3.97. The molecule has 1 aromatic heterocycles. The minimum Gasteiger partial charge on any atom is -0.337 e. The zero-order valence-corrected chi connectivity index (χ0v) is 11.4. The summed E-state index contributed by atoms with van der Waals surface area (Å²) >= 11 is 1.71. The fraction of sp³-hybridized carbons (Fsp3) is 0.385. The standard InChI is InChI=1S/C13H17N3OS/c1-3-4-11(14)13-15-12(16-17-13)9-5-7-10(18-2)8-6-9/h5-8,11H,3-4,14H2,1-2H3/t11-/m1/s1. The highest BCUT2D eigenvalue weighted by Crippen LogP contribution is 2.22. The van der Waals surface area contributed by atoms with Gasteiger partial charge in [0, 0.05) is 10.5 Å². The monoisotopic (exact) mass is 263 g/mol. The zero-order valence-electron chi connectivity index (χ0n) is 10.6. The maximum atomic E-state index is 5.94. The molecule has 2 aromatic rings. The quantitative estimate of drug-likeness (QED) is 0.839. The van der Waals surface area contributed by atoms with Crippen LogP contribution >= 0.6 is 11.8 Å². The van der Waals surface area contributed by atoms with Gasteiger partial charge in [-0.15, -0.1) is 11.8 Å². The van der Waals surface area contributed by atoms with Crippen LogP contribution in [0.15, 0.2) is 33.7 Å². The summed E-state index contributed by atoms with van der Waals surface area (Å²) in [6, 6.07) is 7.91. The molecule has 0 saturated heterocycles. The summed E-state index contributed by atoms with van der Waals surface area (Å²) in [4.78, 5) is 5.56. The number of nitrogens with zero attached hydrogens (tertiary/aromatic N) is 2. The first-order chi connectivity index (χ1) is 8.74. The third-order valence-electron chi connectivity index (χ3n) is 2.71. The third-order valence-corrected chi connectivity index (χ3v) is 3.45. The molecule has 0 radical (unpaired) electrons. The van der Waals surface area contributed by atoms with Crippen molar-refractivity contribution in [2.75, 3.05) is 6.26 Å². The number of rotatable bonds is 5. The van der Waals surface area contributed by atoms with Gasteiger partial charge in [-0.25, -0.2) is 0 Å². The Morgan fingerprint density at radius 1 is 1.33 bits per heavy atom. The Kier molecular flexibility index (Phi) is 4.38. The molecule has 0 aliphatic carbocycles. The van der Waals surface area contributed by atoms with Crippen molar-refractivity contribution >= 4 is 11.8 Å². The topological polar surface area (TPSA) is 64.9 Å². The van der Waals surface area contributed by atoms with Gasteiger partial charge in [0.1, 0.15) is 0 Å². The van der Waals surface area contributed by atoms with Crippen LogP contribution in [-0.2, 0) is 0 Å². The largest absolute Gasteiger partial charge is 0.337 e. The molecule has 0 fully saturated rings. The van der Waals surface area contributed by atoms with Gasteiger partial charge in [0.15, 0.2) is 0 Å². The molecule has 1 heterocycles. The molecule has 2 rings (SSSR count). The van der Waals surface area contributed by atoms with E-state index in [4.69, 9.17) is 10.3 Å². The van der Waals surface area contributed by atoms with E-state index in [1.807, 2.05) is 30.5 Å². The van der Waals surface area contributed by atoms with E-state index in [1.165, 1.54) is 4.90 Å². The molecule has 2 N–H and O–H groups in total. The molecule has 5 heteroatoms. The van der Waals surface area contributed by atoms with Crippen LogP contribution < -0.4 is 5.73 Å². The van der Waals surface area contributed by atoms with Crippen LogP contribution in [0.1, 0.15) is 31.7 Å². The summed E-state index contributed by atoms with van der Waals surface area (Å²) in [7, 11) is 0. The Morgan fingerprint density at radius 2 is 2.06 bits per heavy atom. The molecule has 18 heavy (non-hydrogen) atoms. The summed E-state index contributed by atoms with van der Waals surface area (Å²) in [5.74, 6) is 1.12. The predicted molar refractivity (Wildman–Crippen MR) is 73.4 cm³/mol. The van der Waals surface area contributed by atoms with E-state index in [-0.39, 0.29) is 6.04 Å². The van der Waals surface area contributed by atoms with Crippen molar-refractivity contribution in [2.45, 2.75) is 30.7 Å². The van der Waals surface area contributed by atoms with E-state index < -0.39 is 0 Å². The minimum atomic E-state index is -0.165. The van der Waals surface area contributed by atoms with Crippen LogP contribution in [0.3, 0.4) is 0 Å². The summed E-state index contributed by atoms with van der Waals surface area (Å²) in [6.45, 7) is 2.08. The molecule has 1 aromatic carbocycles. The number of nitrogens with two attached hydrogens (primary N) is 1. The number of hydrogen-bond acceptors (Lipinski definition) is 5. The maximum Gasteiger partial charge on any atom is 0.243 e. The van der Waals surface area contributed by atoms with Crippen LogP contribution in [0.5, 0.6) is 0 Å². The molecule has 0 spiro atoms. The van der Waals surface area contributed by atoms with E-state index >= 15 is 0 Å². The van der Waals surface area contributed by atoms with Crippen molar-refractivity contribution in [1.29, 1.82) is 0 Å². The van der Waals surface area contributed by atoms with Gasteiger partial charge >= 0.3 is 0 Å². The fourth-order valence-electron chi connectivity index (χ4n) is 1.68. The van der Waals surface area contributed by atoms with E-state index in [0.29, 0.717) is 11.7 Å². The van der Waals surface area contributed by atoms with Gasteiger partial charge in [-0.1, -0.05) is 18.5 Å². The maximum absolute atomic E-state index is 5.94. The molecule has 0 unspecified atom stereocenters. The average molecular weight is 263 g/mol. The van der Waals surface area contributed by atoms with Crippen LogP contribution in [0.2, 0.25) is 0 Å². The first-order valence-corrected chi connectivity index (χ1v) is 7.20. The van der Waals surface area contributed by atoms with Crippen molar-refractivity contribution in [1.82, 2.24) is 10.1 Å². The van der Waals surface area contributed by atoms with Crippen molar-refractivity contribution in [3.8, 4) is 11.4 Å². The Bertz CT molecular complexity index is 495. The van der Waals surface area contributed by atoms with Gasteiger partial charge in [0.25, 0.3) is 0 Å². The van der Waals surface area contributed by atoms with Gasteiger partial charge in [-0.2, -0.15) is 4.98 Å². The van der Waals surface area contributed by atoms with Crippen molar-refractivity contribution < 1.29 is 4.52 Å². The Balaban J connectivity index is 2.18. The Morgan fingerprint density at radius 3 is 2.67 bits per heavy atom. The molecule has 0 amide bonds. The molecule has 0 bridgehead atoms. The SMILES string of the molecule is CCC[C@@H](N)c1nc(-c2ccc(SC)cc2)no1. The van der Waals surface area contributed by atoms with E-state index in [1.54, 1.807) is 11.8 Å². The Hall–Kier alpha value is -1.33. The van der Waals surface area contributed by atoms with E-state index in [9.17, 15) is 0 Å². The first kappa shape index (κ1) is 13.1. The summed E-state index contributed by atoms with van der Waals surface area (Å²) in [5.41, 5.74) is 6.89. The molecule has 96 valence electrons. The van der Waals surface area contributed by atoms with Crippen molar-refractivity contribution in [3.05, 3.63) is 30.2 Å². The second-order valence-electron chi connectivity index (χ2n) is 4.08. The van der Waals surface area contributed by atoms with Crippen LogP contribution in [-0.4, -0.2) is 16.4 Å². The number of aromatic nitrogens is 2. The molecular weight excluding hydrogens is 246 g/mol. The smallest absolute Gasteiger partial charge is 0.243 e. The second kappa shape index (κ2) is 6.02. The molecule has 0 aliphatic heterocycles. The van der Waals surface area contributed by atoms with Crippen molar-refractivity contribution in [2.24, 2.45) is 5.73 Å². The van der Waals surface area contributed by atoms with E-state index in [2.05, 4.69) is 17.1 Å². The molecule has 0 aliphatic rings. The van der Waals surface area contributed by atoms with Gasteiger partial charge in [0.05, 0.1) is 6.04 Å². The third kappa shape index (κ3) is 2.91. The number of benzene rings is 1. The lowest BCUT2D eigenvalue weighted by Gasteiger charge is -2.02.